The number of aryl methyl sites for hydroxylation is 1. The lowest BCUT2D eigenvalue weighted by molar-refractivity contribution is 0.503. The number of fused-ring (bicyclic) bond motifs is 1. The molecule has 70 valence electrons. The van der Waals surface area contributed by atoms with Crippen molar-refractivity contribution in [2.45, 2.75) is 25.2 Å². The third-order valence-electron chi connectivity index (χ3n) is 2.68. The fraction of sp³-hybridized carbons (Fsp3) is 0.500. The molecular weight excluding hydrogens is 162 g/mol. The second kappa shape index (κ2) is 3.85. The van der Waals surface area contributed by atoms with Crippen LogP contribution in [-0.4, -0.2) is 11.5 Å². The summed E-state index contributed by atoms with van der Waals surface area (Å²) in [4.78, 5) is 4.42. The molecule has 3 nitrogen and oxygen atoms in total. The largest absolute Gasteiger partial charge is 0.271 e. The van der Waals surface area contributed by atoms with Crippen molar-refractivity contribution in [1.29, 1.82) is 0 Å². The lowest BCUT2D eigenvalue weighted by atomic mass is 9.87. The van der Waals surface area contributed by atoms with Crippen LogP contribution in [0.1, 0.15) is 30.0 Å². The number of nitrogens with zero attached hydrogens (tertiary/aromatic N) is 1. The summed E-state index contributed by atoms with van der Waals surface area (Å²) >= 11 is 0. The van der Waals surface area contributed by atoms with Crippen molar-refractivity contribution in [2.24, 2.45) is 5.84 Å². The minimum absolute atomic E-state index is 0.509. The van der Waals surface area contributed by atoms with Crippen molar-refractivity contribution >= 4 is 0 Å². The van der Waals surface area contributed by atoms with Gasteiger partial charge in [0.15, 0.2) is 0 Å². The van der Waals surface area contributed by atoms with E-state index in [0.29, 0.717) is 5.92 Å². The molecule has 3 heteroatoms. The molecule has 0 amide bonds. The molecule has 1 aliphatic rings. The van der Waals surface area contributed by atoms with E-state index in [2.05, 4.69) is 16.5 Å². The average molecular weight is 177 g/mol. The first kappa shape index (κ1) is 8.66. The molecule has 1 aromatic rings. The second-order valence-electron chi connectivity index (χ2n) is 3.55. The highest BCUT2D eigenvalue weighted by Gasteiger charge is 2.20. The number of aromatic nitrogens is 1. The highest BCUT2D eigenvalue weighted by Crippen LogP contribution is 2.28. The Bertz CT molecular complexity index is 285. The van der Waals surface area contributed by atoms with Gasteiger partial charge in [0.2, 0.25) is 0 Å². The lowest BCUT2D eigenvalue weighted by Gasteiger charge is -2.23. The maximum Gasteiger partial charge on any atom is 0.0479 e. The van der Waals surface area contributed by atoms with Crippen molar-refractivity contribution < 1.29 is 0 Å². The summed E-state index contributed by atoms with van der Waals surface area (Å²) in [5.74, 6) is 5.85. The molecule has 0 saturated carbocycles. The highest BCUT2D eigenvalue weighted by molar-refractivity contribution is 5.26. The fourth-order valence-corrected chi connectivity index (χ4v) is 2.05. The Morgan fingerprint density at radius 1 is 1.62 bits per heavy atom. The Morgan fingerprint density at radius 2 is 2.54 bits per heavy atom. The molecular formula is C10H15N3. The molecule has 2 rings (SSSR count). The van der Waals surface area contributed by atoms with Gasteiger partial charge in [-0.3, -0.25) is 16.3 Å². The van der Waals surface area contributed by atoms with Gasteiger partial charge in [0.1, 0.15) is 0 Å². The molecule has 0 aliphatic heterocycles. The normalized spacial score (nSPS) is 21.2. The molecule has 0 saturated heterocycles. The minimum atomic E-state index is 0.509. The average Bonchev–Trinajstić information content (AvgIpc) is 2.19. The Kier molecular flexibility index (Phi) is 2.57. The molecule has 13 heavy (non-hydrogen) atoms. The van der Waals surface area contributed by atoms with E-state index in [1.807, 2.05) is 12.3 Å². The van der Waals surface area contributed by atoms with Crippen LogP contribution < -0.4 is 11.3 Å². The topological polar surface area (TPSA) is 50.9 Å². The van der Waals surface area contributed by atoms with Gasteiger partial charge in [0.25, 0.3) is 0 Å². The summed E-state index contributed by atoms with van der Waals surface area (Å²) in [5.41, 5.74) is 5.38. The number of nitrogens with two attached hydrogens (primary N) is 1. The van der Waals surface area contributed by atoms with E-state index in [1.165, 1.54) is 30.5 Å². The molecule has 0 bridgehead atoms. The van der Waals surface area contributed by atoms with Crippen LogP contribution in [0.5, 0.6) is 0 Å². The predicted octanol–water partition coefficient (Wildman–Crippen LogP) is 0.965. The van der Waals surface area contributed by atoms with Crippen molar-refractivity contribution in [2.75, 3.05) is 6.54 Å². The Labute approximate surface area is 78.3 Å². The molecule has 3 N–H and O–H groups in total. The van der Waals surface area contributed by atoms with E-state index in [-0.39, 0.29) is 0 Å². The maximum absolute atomic E-state index is 5.34. The Morgan fingerprint density at radius 3 is 3.38 bits per heavy atom. The first-order valence-electron chi connectivity index (χ1n) is 4.79. The number of hydrogen-bond acceptors (Lipinski definition) is 3. The van der Waals surface area contributed by atoms with Crippen LogP contribution in [0.15, 0.2) is 18.3 Å². The first-order valence-corrected chi connectivity index (χ1v) is 4.79. The summed E-state index contributed by atoms with van der Waals surface area (Å²) in [6.07, 6.45) is 5.50. The van der Waals surface area contributed by atoms with E-state index in [9.17, 15) is 0 Å². The standard InChI is InChI=1S/C10H15N3/c11-13-7-9-4-1-3-8-5-2-6-12-10(8)9/h2,5-6,9,13H,1,3-4,7,11H2. The number of nitrogens with one attached hydrogen (secondary N) is 1. The molecule has 1 heterocycles. The van der Waals surface area contributed by atoms with Gasteiger partial charge in [-0.25, -0.2) is 0 Å². The van der Waals surface area contributed by atoms with Gasteiger partial charge in [-0.15, -0.1) is 0 Å². The monoisotopic (exact) mass is 177 g/mol. The quantitative estimate of drug-likeness (QED) is 0.522. The number of hydrogen-bond donors (Lipinski definition) is 2. The molecule has 0 radical (unpaired) electrons. The number of hydrazine groups is 1. The van der Waals surface area contributed by atoms with Gasteiger partial charge in [-0.1, -0.05) is 6.07 Å². The van der Waals surface area contributed by atoms with Gasteiger partial charge >= 0.3 is 0 Å². The van der Waals surface area contributed by atoms with E-state index in [1.54, 1.807) is 0 Å². The van der Waals surface area contributed by atoms with E-state index >= 15 is 0 Å². The van der Waals surface area contributed by atoms with Crippen LogP contribution in [0, 0.1) is 0 Å². The van der Waals surface area contributed by atoms with Crippen molar-refractivity contribution in [3.63, 3.8) is 0 Å². The first-order chi connectivity index (χ1) is 6.42. The molecule has 0 spiro atoms. The minimum Gasteiger partial charge on any atom is -0.271 e. The number of pyridine rings is 1. The Balaban J connectivity index is 2.26. The van der Waals surface area contributed by atoms with Crippen molar-refractivity contribution in [3.8, 4) is 0 Å². The zero-order chi connectivity index (χ0) is 9.10. The van der Waals surface area contributed by atoms with E-state index in [0.717, 1.165) is 6.54 Å². The van der Waals surface area contributed by atoms with E-state index < -0.39 is 0 Å². The molecule has 1 unspecified atom stereocenters. The molecule has 1 aliphatic carbocycles. The van der Waals surface area contributed by atoms with Crippen LogP contribution in [-0.2, 0) is 6.42 Å². The van der Waals surface area contributed by atoms with Crippen LogP contribution in [0.4, 0.5) is 0 Å². The van der Waals surface area contributed by atoms with Gasteiger partial charge in [-0.2, -0.15) is 0 Å². The summed E-state index contributed by atoms with van der Waals surface area (Å²) in [6.45, 7) is 0.837. The van der Waals surface area contributed by atoms with Crippen LogP contribution in [0.25, 0.3) is 0 Å². The van der Waals surface area contributed by atoms with Crippen molar-refractivity contribution in [3.05, 3.63) is 29.6 Å². The van der Waals surface area contributed by atoms with Crippen LogP contribution in [0.3, 0.4) is 0 Å². The third kappa shape index (κ3) is 1.71. The Hall–Kier alpha value is -0.930. The third-order valence-corrected chi connectivity index (χ3v) is 2.68. The lowest BCUT2D eigenvalue weighted by Crippen LogP contribution is -2.30. The fourth-order valence-electron chi connectivity index (χ4n) is 2.05. The second-order valence-corrected chi connectivity index (χ2v) is 3.55. The predicted molar refractivity (Wildman–Crippen MR) is 52.1 cm³/mol. The van der Waals surface area contributed by atoms with Gasteiger partial charge in [0, 0.05) is 24.4 Å². The SMILES string of the molecule is NNCC1CCCc2cccnc21. The summed E-state index contributed by atoms with van der Waals surface area (Å²) in [5, 5.41) is 0. The summed E-state index contributed by atoms with van der Waals surface area (Å²) in [6, 6.07) is 4.18. The van der Waals surface area contributed by atoms with Crippen LogP contribution >= 0.6 is 0 Å². The summed E-state index contributed by atoms with van der Waals surface area (Å²) in [7, 11) is 0. The van der Waals surface area contributed by atoms with E-state index in [4.69, 9.17) is 5.84 Å². The van der Waals surface area contributed by atoms with Gasteiger partial charge in [-0.05, 0) is 30.9 Å². The zero-order valence-electron chi connectivity index (χ0n) is 7.66. The molecule has 0 aromatic carbocycles. The highest BCUT2D eigenvalue weighted by atomic mass is 15.2. The smallest absolute Gasteiger partial charge is 0.0479 e. The molecule has 1 atom stereocenters. The maximum atomic E-state index is 5.34. The van der Waals surface area contributed by atoms with Crippen LogP contribution in [0.2, 0.25) is 0 Å². The summed E-state index contributed by atoms with van der Waals surface area (Å²) < 4.78 is 0. The van der Waals surface area contributed by atoms with Gasteiger partial charge in [0.05, 0.1) is 0 Å². The van der Waals surface area contributed by atoms with Crippen molar-refractivity contribution in [1.82, 2.24) is 10.4 Å². The van der Waals surface area contributed by atoms with Gasteiger partial charge < -0.3 is 0 Å². The number of rotatable bonds is 2. The molecule has 0 fully saturated rings. The molecule has 1 aromatic heterocycles. The zero-order valence-corrected chi connectivity index (χ0v) is 7.66.